The Morgan fingerprint density at radius 3 is 1.98 bits per heavy atom. The Morgan fingerprint density at radius 1 is 0.767 bits per heavy atom. The standard InChI is InChI=1S/C32H22N4O7/c1-34-28-25(31(41)35(2)32(34)42)23(24-26(33-28)18-7-3-4-8-19(18)27(24)38)16-11-13-17(14-12-16)43-22(37)15-36-29(39)20-9-5-6-10-21(20)30(36)40/h3-14,23,33H,15H2,1-2H3/t23-/m1/s1. The molecule has 0 radical (unpaired) electrons. The number of hydrogen-bond donors (Lipinski definition) is 1. The van der Waals surface area contributed by atoms with Crippen LogP contribution in [0.4, 0.5) is 5.82 Å². The first-order chi connectivity index (χ1) is 20.7. The first-order valence-electron chi connectivity index (χ1n) is 13.4. The molecule has 0 saturated heterocycles. The number of allylic oxidation sites excluding steroid dienone is 1. The molecule has 3 aromatic carbocycles. The van der Waals surface area contributed by atoms with Crippen molar-refractivity contribution in [3.63, 3.8) is 0 Å². The molecule has 0 fully saturated rings. The number of ether oxygens (including phenoxy) is 1. The number of aromatic nitrogens is 2. The van der Waals surface area contributed by atoms with Crippen LogP contribution in [0.3, 0.4) is 0 Å². The molecule has 11 heteroatoms. The molecule has 0 bridgehead atoms. The number of carbonyl (C=O) groups excluding carboxylic acids is 4. The van der Waals surface area contributed by atoms with Crippen LogP contribution >= 0.6 is 0 Å². The molecule has 11 nitrogen and oxygen atoms in total. The lowest BCUT2D eigenvalue weighted by Crippen LogP contribution is -2.42. The van der Waals surface area contributed by atoms with Gasteiger partial charge in [0.25, 0.3) is 17.4 Å². The van der Waals surface area contributed by atoms with Crippen LogP contribution in [0.1, 0.15) is 53.7 Å². The minimum atomic E-state index is -0.820. The third-order valence-corrected chi connectivity index (χ3v) is 8.09. The largest absolute Gasteiger partial charge is 0.425 e. The van der Waals surface area contributed by atoms with Gasteiger partial charge < -0.3 is 10.1 Å². The van der Waals surface area contributed by atoms with Crippen molar-refractivity contribution in [2.24, 2.45) is 14.1 Å². The molecule has 0 saturated carbocycles. The average Bonchev–Trinajstić information content (AvgIpc) is 3.44. The predicted molar refractivity (Wildman–Crippen MR) is 154 cm³/mol. The van der Waals surface area contributed by atoms with Crippen LogP contribution in [0.2, 0.25) is 0 Å². The van der Waals surface area contributed by atoms with Gasteiger partial charge in [-0.2, -0.15) is 0 Å². The molecular formula is C32H22N4O7. The molecule has 1 aromatic heterocycles. The van der Waals surface area contributed by atoms with Gasteiger partial charge in [-0.15, -0.1) is 0 Å². The lowest BCUT2D eigenvalue weighted by atomic mass is 9.81. The van der Waals surface area contributed by atoms with Crippen LogP contribution in [-0.2, 0) is 18.9 Å². The highest BCUT2D eigenvalue weighted by molar-refractivity contribution is 6.24. The predicted octanol–water partition coefficient (Wildman–Crippen LogP) is 2.45. The lowest BCUT2D eigenvalue weighted by Gasteiger charge is -2.29. The third kappa shape index (κ3) is 3.74. The van der Waals surface area contributed by atoms with Gasteiger partial charge in [-0.25, -0.2) is 9.59 Å². The zero-order valence-electron chi connectivity index (χ0n) is 22.9. The highest BCUT2D eigenvalue weighted by Crippen LogP contribution is 2.47. The quantitative estimate of drug-likeness (QED) is 0.223. The average molecular weight is 575 g/mol. The number of Topliss-reactive ketones (excluding diaryl/α,β-unsaturated/α-hetero) is 1. The molecule has 0 unspecified atom stereocenters. The number of hydrogen-bond acceptors (Lipinski definition) is 8. The van der Waals surface area contributed by atoms with Crippen LogP contribution in [0, 0.1) is 0 Å². The Morgan fingerprint density at radius 2 is 1.35 bits per heavy atom. The molecular weight excluding hydrogens is 552 g/mol. The van der Waals surface area contributed by atoms with Gasteiger partial charge in [-0.3, -0.25) is 33.2 Å². The summed E-state index contributed by atoms with van der Waals surface area (Å²) in [7, 11) is 2.93. The van der Waals surface area contributed by atoms with Gasteiger partial charge in [0.05, 0.1) is 22.4 Å². The smallest absolute Gasteiger partial charge is 0.332 e. The molecule has 7 rings (SSSR count). The van der Waals surface area contributed by atoms with Crippen molar-refractivity contribution in [1.82, 2.24) is 14.0 Å². The third-order valence-electron chi connectivity index (χ3n) is 8.09. The van der Waals surface area contributed by atoms with E-state index >= 15 is 0 Å². The van der Waals surface area contributed by atoms with E-state index < -0.39 is 41.5 Å². The second-order valence-corrected chi connectivity index (χ2v) is 10.5. The van der Waals surface area contributed by atoms with Crippen molar-refractivity contribution in [3.05, 3.63) is 133 Å². The van der Waals surface area contributed by atoms with Crippen LogP contribution in [0.25, 0.3) is 5.70 Å². The maximum atomic E-state index is 13.7. The molecule has 1 N–H and O–H groups in total. The molecule has 212 valence electrons. The number of rotatable bonds is 4. The second kappa shape index (κ2) is 9.35. The van der Waals surface area contributed by atoms with E-state index in [0.717, 1.165) is 9.47 Å². The number of amides is 2. The topological polar surface area (TPSA) is 137 Å². The van der Waals surface area contributed by atoms with Crippen molar-refractivity contribution in [2.75, 3.05) is 11.9 Å². The molecule has 1 atom stereocenters. The van der Waals surface area contributed by atoms with Crippen molar-refractivity contribution >= 4 is 35.1 Å². The minimum Gasteiger partial charge on any atom is -0.425 e. The molecule has 1 aliphatic carbocycles. The van der Waals surface area contributed by atoms with Crippen molar-refractivity contribution in [2.45, 2.75) is 5.92 Å². The minimum absolute atomic E-state index is 0.142. The van der Waals surface area contributed by atoms with E-state index in [-0.39, 0.29) is 34.0 Å². The number of fused-ring (bicyclic) bond motifs is 4. The zero-order valence-corrected chi connectivity index (χ0v) is 22.9. The highest BCUT2D eigenvalue weighted by Gasteiger charge is 2.43. The van der Waals surface area contributed by atoms with E-state index in [1.807, 2.05) is 6.07 Å². The SMILES string of the molecule is Cn1c2c(c(=O)n(C)c1=O)[C@H](c1ccc(OC(=O)CN3C(=O)c4ccccc4C3=O)cc1)C1=C(N2)c2ccccc2C1=O. The van der Waals surface area contributed by atoms with Crippen LogP contribution in [0.5, 0.6) is 5.75 Å². The van der Waals surface area contributed by atoms with E-state index in [9.17, 15) is 28.8 Å². The molecule has 4 aromatic rings. The number of esters is 1. The number of imide groups is 1. The molecule has 43 heavy (non-hydrogen) atoms. The summed E-state index contributed by atoms with van der Waals surface area (Å²) in [5, 5.41) is 3.19. The van der Waals surface area contributed by atoms with E-state index in [2.05, 4.69) is 5.32 Å². The fraction of sp³-hybridized carbons (Fsp3) is 0.125. The van der Waals surface area contributed by atoms with E-state index in [1.165, 1.54) is 35.9 Å². The molecule has 0 spiro atoms. The summed E-state index contributed by atoms with van der Waals surface area (Å²) in [6, 6.07) is 19.7. The summed E-state index contributed by atoms with van der Waals surface area (Å²) < 4.78 is 7.77. The monoisotopic (exact) mass is 574 g/mol. The van der Waals surface area contributed by atoms with Crippen LogP contribution < -0.4 is 21.3 Å². The summed E-state index contributed by atoms with van der Waals surface area (Å²) in [5.74, 6) is -2.58. The summed E-state index contributed by atoms with van der Waals surface area (Å²) in [5.41, 5.74) is 2.26. The molecule has 2 aliphatic heterocycles. The molecule has 3 heterocycles. The molecule has 3 aliphatic rings. The summed E-state index contributed by atoms with van der Waals surface area (Å²) in [4.78, 5) is 78.8. The highest BCUT2D eigenvalue weighted by atomic mass is 16.5. The van der Waals surface area contributed by atoms with E-state index in [1.54, 1.807) is 49.5 Å². The number of nitrogens with one attached hydrogen (secondary N) is 1. The van der Waals surface area contributed by atoms with E-state index in [4.69, 9.17) is 4.74 Å². The van der Waals surface area contributed by atoms with Gasteiger partial charge in [-0.1, -0.05) is 48.5 Å². The van der Waals surface area contributed by atoms with Crippen molar-refractivity contribution in [3.8, 4) is 5.75 Å². The number of benzene rings is 3. The van der Waals surface area contributed by atoms with E-state index in [0.29, 0.717) is 28.0 Å². The first kappa shape index (κ1) is 26.1. The number of nitrogens with zero attached hydrogens (tertiary/aromatic N) is 3. The zero-order chi connectivity index (χ0) is 30.2. The van der Waals surface area contributed by atoms with Gasteiger partial charge in [0.2, 0.25) is 0 Å². The van der Waals surface area contributed by atoms with Crippen molar-refractivity contribution in [1.29, 1.82) is 0 Å². The van der Waals surface area contributed by atoms with Crippen molar-refractivity contribution < 1.29 is 23.9 Å². The maximum Gasteiger partial charge on any atom is 0.332 e. The van der Waals surface area contributed by atoms with Gasteiger partial charge in [0, 0.05) is 36.7 Å². The van der Waals surface area contributed by atoms with Crippen LogP contribution in [0.15, 0.2) is 88.0 Å². The Bertz CT molecular complexity index is 2070. The Balaban J connectivity index is 1.22. The maximum absolute atomic E-state index is 13.7. The first-order valence-corrected chi connectivity index (χ1v) is 13.4. The summed E-state index contributed by atoms with van der Waals surface area (Å²) in [6.07, 6.45) is 0. The Labute approximate surface area is 243 Å². The Kier molecular flexibility index (Phi) is 5.67. The number of ketones is 1. The fourth-order valence-corrected chi connectivity index (χ4v) is 5.99. The summed E-state index contributed by atoms with van der Waals surface area (Å²) in [6.45, 7) is -0.567. The fourth-order valence-electron chi connectivity index (χ4n) is 5.99. The van der Waals surface area contributed by atoms with Gasteiger partial charge in [-0.05, 0) is 29.8 Å². The second-order valence-electron chi connectivity index (χ2n) is 10.5. The van der Waals surface area contributed by atoms with Crippen LogP contribution in [-0.4, -0.2) is 44.1 Å². The van der Waals surface area contributed by atoms with Gasteiger partial charge in [0.1, 0.15) is 18.1 Å². The number of anilines is 1. The lowest BCUT2D eigenvalue weighted by molar-refractivity contribution is -0.134. The normalized spacial score (nSPS) is 16.5. The van der Waals surface area contributed by atoms with Gasteiger partial charge >= 0.3 is 11.7 Å². The summed E-state index contributed by atoms with van der Waals surface area (Å²) >= 11 is 0. The van der Waals surface area contributed by atoms with Gasteiger partial charge in [0.15, 0.2) is 5.78 Å². The Hall–Kier alpha value is -5.84. The number of carbonyl (C=O) groups is 4. The molecule has 2 amide bonds.